The Kier molecular flexibility index (Phi) is 7.09. The van der Waals surface area contributed by atoms with Crippen LogP contribution in [0, 0.1) is 0 Å². The minimum absolute atomic E-state index is 0.120. The van der Waals surface area contributed by atoms with Crippen molar-refractivity contribution in [2.24, 2.45) is 0 Å². The SMILES string of the molecule is Nn1c(SCC(=O)Nc2ccc(OCc3ccccc3)cc2)nnc1C1CCCCC1. The lowest BCUT2D eigenvalue weighted by Crippen LogP contribution is -2.19. The predicted octanol–water partition coefficient (Wildman–Crippen LogP) is 4.35. The lowest BCUT2D eigenvalue weighted by Gasteiger charge is -2.20. The van der Waals surface area contributed by atoms with Crippen LogP contribution in [0.1, 0.15) is 49.4 Å². The number of hydrogen-bond acceptors (Lipinski definition) is 6. The third kappa shape index (κ3) is 5.79. The first kappa shape index (κ1) is 21.2. The van der Waals surface area contributed by atoms with Crippen molar-refractivity contribution in [1.82, 2.24) is 14.9 Å². The summed E-state index contributed by atoms with van der Waals surface area (Å²) in [7, 11) is 0. The van der Waals surface area contributed by atoms with E-state index >= 15 is 0 Å². The lowest BCUT2D eigenvalue weighted by molar-refractivity contribution is -0.113. The number of rotatable bonds is 8. The molecule has 0 bridgehead atoms. The van der Waals surface area contributed by atoms with E-state index in [1.807, 2.05) is 54.6 Å². The minimum Gasteiger partial charge on any atom is -0.489 e. The molecule has 7 nitrogen and oxygen atoms in total. The first-order valence-corrected chi connectivity index (χ1v) is 11.6. The van der Waals surface area contributed by atoms with Gasteiger partial charge in [-0.05, 0) is 42.7 Å². The zero-order chi connectivity index (χ0) is 21.5. The van der Waals surface area contributed by atoms with Gasteiger partial charge in [0, 0.05) is 11.6 Å². The topological polar surface area (TPSA) is 95.1 Å². The van der Waals surface area contributed by atoms with Gasteiger partial charge >= 0.3 is 0 Å². The number of nitrogens with one attached hydrogen (secondary N) is 1. The van der Waals surface area contributed by atoms with Crippen LogP contribution in [0.2, 0.25) is 0 Å². The maximum Gasteiger partial charge on any atom is 0.234 e. The van der Waals surface area contributed by atoms with Gasteiger partial charge in [-0.1, -0.05) is 61.4 Å². The molecule has 1 amide bonds. The van der Waals surface area contributed by atoms with Crippen molar-refractivity contribution < 1.29 is 9.53 Å². The van der Waals surface area contributed by atoms with Gasteiger partial charge in [-0.2, -0.15) is 0 Å². The van der Waals surface area contributed by atoms with Gasteiger partial charge in [0.15, 0.2) is 5.82 Å². The quantitative estimate of drug-likeness (QED) is 0.402. The summed E-state index contributed by atoms with van der Waals surface area (Å²) in [6, 6.07) is 17.3. The normalized spacial score (nSPS) is 14.3. The number of anilines is 1. The molecule has 3 aromatic rings. The van der Waals surface area contributed by atoms with Crippen LogP contribution < -0.4 is 15.9 Å². The molecule has 31 heavy (non-hydrogen) atoms. The largest absolute Gasteiger partial charge is 0.489 e. The third-order valence-corrected chi connectivity index (χ3v) is 6.32. The van der Waals surface area contributed by atoms with Gasteiger partial charge < -0.3 is 15.9 Å². The van der Waals surface area contributed by atoms with Crippen molar-refractivity contribution in [3.05, 3.63) is 66.0 Å². The Balaban J connectivity index is 1.25. The van der Waals surface area contributed by atoms with E-state index in [-0.39, 0.29) is 11.7 Å². The smallest absolute Gasteiger partial charge is 0.234 e. The molecular formula is C23H27N5O2S. The molecule has 1 aromatic heterocycles. The van der Waals surface area contributed by atoms with E-state index in [4.69, 9.17) is 10.6 Å². The molecule has 1 aliphatic carbocycles. The van der Waals surface area contributed by atoms with E-state index in [1.165, 1.54) is 31.0 Å². The van der Waals surface area contributed by atoms with E-state index in [2.05, 4.69) is 15.5 Å². The van der Waals surface area contributed by atoms with Crippen LogP contribution in [0.4, 0.5) is 5.69 Å². The van der Waals surface area contributed by atoms with Crippen LogP contribution in [0.5, 0.6) is 5.75 Å². The molecule has 162 valence electrons. The molecule has 0 radical (unpaired) electrons. The number of nitrogen functional groups attached to an aromatic ring is 1. The number of ether oxygens (including phenoxy) is 1. The molecule has 2 aromatic carbocycles. The summed E-state index contributed by atoms with van der Waals surface area (Å²) in [6.07, 6.45) is 5.89. The number of carbonyl (C=O) groups excluding carboxylic acids is 1. The molecule has 0 unspecified atom stereocenters. The number of aromatic nitrogens is 3. The van der Waals surface area contributed by atoms with Crippen LogP contribution in [0.3, 0.4) is 0 Å². The van der Waals surface area contributed by atoms with E-state index in [0.29, 0.717) is 17.7 Å². The van der Waals surface area contributed by atoms with E-state index < -0.39 is 0 Å². The molecule has 1 heterocycles. The van der Waals surface area contributed by atoms with Crippen LogP contribution in [-0.2, 0) is 11.4 Å². The molecule has 4 rings (SSSR count). The summed E-state index contributed by atoms with van der Waals surface area (Å²) < 4.78 is 7.32. The number of nitrogens with two attached hydrogens (primary N) is 1. The van der Waals surface area contributed by atoms with Gasteiger partial charge in [-0.3, -0.25) is 4.79 Å². The highest BCUT2D eigenvalue weighted by Crippen LogP contribution is 2.32. The molecule has 1 saturated carbocycles. The molecule has 0 spiro atoms. The highest BCUT2D eigenvalue weighted by molar-refractivity contribution is 7.99. The van der Waals surface area contributed by atoms with E-state index in [0.717, 1.165) is 35.7 Å². The average molecular weight is 438 g/mol. The van der Waals surface area contributed by atoms with Crippen LogP contribution >= 0.6 is 11.8 Å². The van der Waals surface area contributed by atoms with Gasteiger partial charge in [-0.25, -0.2) is 4.68 Å². The number of thioether (sulfide) groups is 1. The highest BCUT2D eigenvalue weighted by Gasteiger charge is 2.22. The summed E-state index contributed by atoms with van der Waals surface area (Å²) in [4.78, 5) is 12.3. The molecule has 0 atom stereocenters. The van der Waals surface area contributed by atoms with Crippen molar-refractivity contribution >= 4 is 23.4 Å². The van der Waals surface area contributed by atoms with Crippen molar-refractivity contribution in [2.75, 3.05) is 16.9 Å². The van der Waals surface area contributed by atoms with Gasteiger partial charge in [-0.15, -0.1) is 10.2 Å². The number of amides is 1. The Bertz CT molecular complexity index is 985. The van der Waals surface area contributed by atoms with Crippen molar-refractivity contribution in [1.29, 1.82) is 0 Å². The monoisotopic (exact) mass is 437 g/mol. The number of carbonyl (C=O) groups is 1. The number of hydrogen-bond donors (Lipinski definition) is 2. The summed E-state index contributed by atoms with van der Waals surface area (Å²) >= 11 is 1.30. The lowest BCUT2D eigenvalue weighted by atomic mass is 9.89. The maximum absolute atomic E-state index is 12.3. The van der Waals surface area contributed by atoms with Crippen molar-refractivity contribution in [3.8, 4) is 5.75 Å². The van der Waals surface area contributed by atoms with E-state index in [9.17, 15) is 4.79 Å². The Morgan fingerprint density at radius 2 is 1.81 bits per heavy atom. The fraction of sp³-hybridized carbons (Fsp3) is 0.348. The minimum atomic E-state index is -0.120. The molecular weight excluding hydrogens is 410 g/mol. The summed E-state index contributed by atoms with van der Waals surface area (Å²) in [5, 5.41) is 11.9. The first-order valence-electron chi connectivity index (χ1n) is 10.6. The van der Waals surface area contributed by atoms with Crippen LogP contribution in [0.25, 0.3) is 0 Å². The van der Waals surface area contributed by atoms with Gasteiger partial charge in [0.05, 0.1) is 5.75 Å². The highest BCUT2D eigenvalue weighted by atomic mass is 32.2. The van der Waals surface area contributed by atoms with Crippen molar-refractivity contribution in [3.63, 3.8) is 0 Å². The van der Waals surface area contributed by atoms with E-state index in [1.54, 1.807) is 4.68 Å². The maximum atomic E-state index is 12.3. The van der Waals surface area contributed by atoms with Gasteiger partial charge in [0.2, 0.25) is 11.1 Å². The second-order valence-electron chi connectivity index (χ2n) is 7.68. The summed E-state index contributed by atoms with van der Waals surface area (Å²) in [5.74, 6) is 8.23. The number of nitrogens with zero attached hydrogens (tertiary/aromatic N) is 3. The van der Waals surface area contributed by atoms with Gasteiger partial charge in [0.1, 0.15) is 12.4 Å². The number of benzene rings is 2. The predicted molar refractivity (Wildman–Crippen MR) is 123 cm³/mol. The second-order valence-corrected chi connectivity index (χ2v) is 8.62. The van der Waals surface area contributed by atoms with Crippen molar-refractivity contribution in [2.45, 2.75) is 49.8 Å². The van der Waals surface area contributed by atoms with Crippen LogP contribution in [0.15, 0.2) is 59.8 Å². The zero-order valence-electron chi connectivity index (χ0n) is 17.4. The first-order chi connectivity index (χ1) is 15.2. The Hall–Kier alpha value is -3.00. The Morgan fingerprint density at radius 3 is 2.55 bits per heavy atom. The van der Waals surface area contributed by atoms with Gasteiger partial charge in [0.25, 0.3) is 0 Å². The molecule has 8 heteroatoms. The Morgan fingerprint density at radius 1 is 1.06 bits per heavy atom. The summed E-state index contributed by atoms with van der Waals surface area (Å²) in [6.45, 7) is 0.506. The molecule has 3 N–H and O–H groups in total. The molecule has 1 fully saturated rings. The van der Waals surface area contributed by atoms with Crippen LogP contribution in [-0.4, -0.2) is 26.5 Å². The second kappa shape index (κ2) is 10.3. The fourth-order valence-electron chi connectivity index (χ4n) is 3.73. The average Bonchev–Trinajstić information content (AvgIpc) is 3.19. The molecule has 1 aliphatic rings. The zero-order valence-corrected chi connectivity index (χ0v) is 18.2. The third-order valence-electron chi connectivity index (χ3n) is 5.38. The standard InChI is InChI=1S/C23H27N5O2S/c24-28-22(18-9-5-2-6-10-18)26-27-23(28)31-16-21(29)25-19-11-13-20(14-12-19)30-15-17-7-3-1-4-8-17/h1,3-4,7-8,11-14,18H,2,5-6,9-10,15-16,24H2,(H,25,29). The molecule has 0 aliphatic heterocycles. The fourth-order valence-corrected chi connectivity index (χ4v) is 4.39. The Labute approximate surface area is 186 Å². The molecule has 0 saturated heterocycles. The summed E-state index contributed by atoms with van der Waals surface area (Å²) in [5.41, 5.74) is 1.83.